The molecule has 0 spiro atoms. The normalized spacial score (nSPS) is 15.3. The summed E-state index contributed by atoms with van der Waals surface area (Å²) in [5.41, 5.74) is 0.375. The lowest BCUT2D eigenvalue weighted by molar-refractivity contribution is 0.0525. The Bertz CT molecular complexity index is 495. The summed E-state index contributed by atoms with van der Waals surface area (Å²) in [5, 5.41) is 2.86. The fourth-order valence-corrected chi connectivity index (χ4v) is 2.45. The van der Waals surface area contributed by atoms with Crippen LogP contribution in [0, 0.1) is 0 Å². The van der Waals surface area contributed by atoms with Gasteiger partial charge in [-0.1, -0.05) is 25.3 Å². The monoisotopic (exact) mass is 291 g/mol. The number of rotatable bonds is 4. The molecular formula is C16H21NO4. The smallest absolute Gasteiger partial charge is 0.412 e. The van der Waals surface area contributed by atoms with E-state index in [4.69, 9.17) is 9.47 Å². The number of carbonyl (C=O) groups excluding carboxylic acids is 2. The average Bonchev–Trinajstić information content (AvgIpc) is 2.48. The third-order valence-electron chi connectivity index (χ3n) is 3.48. The molecule has 1 saturated carbocycles. The van der Waals surface area contributed by atoms with Gasteiger partial charge in [-0.25, -0.2) is 9.59 Å². The second-order valence-corrected chi connectivity index (χ2v) is 5.12. The Kier molecular flexibility index (Phi) is 5.60. The highest BCUT2D eigenvalue weighted by Gasteiger charge is 2.17. The third kappa shape index (κ3) is 4.77. The van der Waals surface area contributed by atoms with E-state index in [1.807, 2.05) is 0 Å². The van der Waals surface area contributed by atoms with Gasteiger partial charge < -0.3 is 14.8 Å². The van der Waals surface area contributed by atoms with Crippen molar-refractivity contribution in [2.45, 2.75) is 45.1 Å². The van der Waals surface area contributed by atoms with Gasteiger partial charge in [-0.2, -0.15) is 0 Å². The zero-order chi connectivity index (χ0) is 15.1. The first-order valence-electron chi connectivity index (χ1n) is 7.44. The van der Waals surface area contributed by atoms with Crippen molar-refractivity contribution in [2.75, 3.05) is 6.61 Å². The van der Waals surface area contributed by atoms with Crippen molar-refractivity contribution in [3.05, 3.63) is 29.8 Å². The lowest BCUT2D eigenvalue weighted by Gasteiger charge is -2.22. The van der Waals surface area contributed by atoms with E-state index in [0.717, 1.165) is 25.7 Å². The summed E-state index contributed by atoms with van der Waals surface area (Å²) in [7, 11) is 0. The first-order chi connectivity index (χ1) is 10.2. The molecule has 1 fully saturated rings. The van der Waals surface area contributed by atoms with E-state index in [1.54, 1.807) is 25.1 Å². The molecule has 0 heterocycles. The van der Waals surface area contributed by atoms with Crippen molar-refractivity contribution >= 4 is 12.1 Å². The number of esters is 1. The largest absolute Gasteiger partial charge is 0.462 e. The van der Waals surface area contributed by atoms with E-state index in [1.165, 1.54) is 12.5 Å². The molecule has 2 rings (SSSR count). The Labute approximate surface area is 124 Å². The van der Waals surface area contributed by atoms with Crippen LogP contribution < -0.4 is 10.1 Å². The van der Waals surface area contributed by atoms with Gasteiger partial charge in [0.25, 0.3) is 0 Å². The van der Waals surface area contributed by atoms with Crippen molar-refractivity contribution in [1.29, 1.82) is 0 Å². The topological polar surface area (TPSA) is 64.6 Å². The molecule has 1 aromatic carbocycles. The zero-order valence-corrected chi connectivity index (χ0v) is 12.3. The molecule has 0 bridgehead atoms. The van der Waals surface area contributed by atoms with Crippen LogP contribution in [-0.4, -0.2) is 24.7 Å². The van der Waals surface area contributed by atoms with E-state index >= 15 is 0 Å². The van der Waals surface area contributed by atoms with Crippen LogP contribution in [0.3, 0.4) is 0 Å². The minimum Gasteiger partial charge on any atom is -0.462 e. The number of amides is 1. The molecule has 1 aliphatic carbocycles. The molecule has 114 valence electrons. The average molecular weight is 291 g/mol. The van der Waals surface area contributed by atoms with Crippen LogP contribution in [0.25, 0.3) is 0 Å². The van der Waals surface area contributed by atoms with Crippen LogP contribution in [0.1, 0.15) is 49.4 Å². The molecule has 0 saturated heterocycles. The highest BCUT2D eigenvalue weighted by atomic mass is 16.6. The van der Waals surface area contributed by atoms with Crippen LogP contribution >= 0.6 is 0 Å². The molecule has 1 amide bonds. The van der Waals surface area contributed by atoms with Crippen LogP contribution in [0.4, 0.5) is 4.79 Å². The highest BCUT2D eigenvalue weighted by molar-refractivity contribution is 5.90. The first kappa shape index (κ1) is 15.4. The number of nitrogens with one attached hydrogen (secondary N) is 1. The summed E-state index contributed by atoms with van der Waals surface area (Å²) >= 11 is 0. The molecule has 0 aromatic heterocycles. The standard InChI is InChI=1S/C16H21NO4/c1-2-20-15(18)12-7-6-10-14(11-12)21-16(19)17-13-8-4-3-5-9-13/h6-7,10-11,13H,2-5,8-9H2,1H3,(H,17,19). The molecular weight excluding hydrogens is 270 g/mol. The highest BCUT2D eigenvalue weighted by Crippen LogP contribution is 2.18. The Morgan fingerprint density at radius 3 is 2.71 bits per heavy atom. The van der Waals surface area contributed by atoms with E-state index < -0.39 is 12.1 Å². The van der Waals surface area contributed by atoms with Crippen LogP contribution in [0.5, 0.6) is 5.75 Å². The maximum atomic E-state index is 11.8. The SMILES string of the molecule is CCOC(=O)c1cccc(OC(=O)NC2CCCCC2)c1. The van der Waals surface area contributed by atoms with Crippen molar-refractivity contribution in [2.24, 2.45) is 0 Å². The summed E-state index contributed by atoms with van der Waals surface area (Å²) in [6, 6.07) is 6.64. The summed E-state index contributed by atoms with van der Waals surface area (Å²) in [5.74, 6) is -0.0792. The van der Waals surface area contributed by atoms with Gasteiger partial charge in [-0.05, 0) is 38.0 Å². The van der Waals surface area contributed by atoms with Gasteiger partial charge in [-0.15, -0.1) is 0 Å². The minimum atomic E-state index is -0.470. The van der Waals surface area contributed by atoms with E-state index in [9.17, 15) is 9.59 Å². The van der Waals surface area contributed by atoms with Crippen molar-refractivity contribution in [3.8, 4) is 5.75 Å². The molecule has 0 unspecified atom stereocenters. The second kappa shape index (κ2) is 7.67. The third-order valence-corrected chi connectivity index (χ3v) is 3.48. The fraction of sp³-hybridized carbons (Fsp3) is 0.500. The van der Waals surface area contributed by atoms with Crippen LogP contribution in [0.15, 0.2) is 24.3 Å². The lowest BCUT2D eigenvalue weighted by atomic mass is 9.96. The molecule has 0 atom stereocenters. The molecule has 0 aliphatic heterocycles. The summed E-state index contributed by atoms with van der Waals surface area (Å²) in [6.07, 6.45) is 5.04. The number of carbonyl (C=O) groups is 2. The molecule has 0 radical (unpaired) electrons. The fourth-order valence-electron chi connectivity index (χ4n) is 2.45. The van der Waals surface area contributed by atoms with Gasteiger partial charge in [0.15, 0.2) is 0 Å². The number of hydrogen-bond donors (Lipinski definition) is 1. The second-order valence-electron chi connectivity index (χ2n) is 5.12. The maximum absolute atomic E-state index is 11.8. The minimum absolute atomic E-state index is 0.194. The van der Waals surface area contributed by atoms with Crippen LogP contribution in [0.2, 0.25) is 0 Å². The predicted molar refractivity (Wildman–Crippen MR) is 78.4 cm³/mol. The Morgan fingerprint density at radius 1 is 1.24 bits per heavy atom. The number of benzene rings is 1. The summed E-state index contributed by atoms with van der Waals surface area (Å²) in [6.45, 7) is 2.06. The molecule has 1 N–H and O–H groups in total. The number of ether oxygens (including phenoxy) is 2. The van der Waals surface area contributed by atoms with Crippen molar-refractivity contribution in [1.82, 2.24) is 5.32 Å². The molecule has 1 aromatic rings. The van der Waals surface area contributed by atoms with E-state index in [-0.39, 0.29) is 6.04 Å². The van der Waals surface area contributed by atoms with Gasteiger partial charge in [0, 0.05) is 6.04 Å². The van der Waals surface area contributed by atoms with Gasteiger partial charge >= 0.3 is 12.1 Å². The van der Waals surface area contributed by atoms with Crippen molar-refractivity contribution < 1.29 is 19.1 Å². The summed E-state index contributed by atoms with van der Waals surface area (Å²) < 4.78 is 10.1. The Balaban J connectivity index is 1.91. The number of hydrogen-bond acceptors (Lipinski definition) is 4. The van der Waals surface area contributed by atoms with Gasteiger partial charge in [0.05, 0.1) is 12.2 Å². The molecule has 5 nitrogen and oxygen atoms in total. The summed E-state index contributed by atoms with van der Waals surface area (Å²) in [4.78, 5) is 23.5. The first-order valence-corrected chi connectivity index (χ1v) is 7.44. The molecule has 1 aliphatic rings. The van der Waals surface area contributed by atoms with Gasteiger partial charge in [-0.3, -0.25) is 0 Å². The van der Waals surface area contributed by atoms with Gasteiger partial charge in [0.1, 0.15) is 5.75 Å². The maximum Gasteiger partial charge on any atom is 0.412 e. The van der Waals surface area contributed by atoms with Gasteiger partial charge in [0.2, 0.25) is 0 Å². The molecule has 5 heteroatoms. The predicted octanol–water partition coefficient (Wildman–Crippen LogP) is 3.28. The lowest BCUT2D eigenvalue weighted by Crippen LogP contribution is -2.38. The Hall–Kier alpha value is -2.04. The quantitative estimate of drug-likeness (QED) is 0.865. The zero-order valence-electron chi connectivity index (χ0n) is 12.3. The van der Waals surface area contributed by atoms with Crippen molar-refractivity contribution in [3.63, 3.8) is 0 Å². The van der Waals surface area contributed by atoms with E-state index in [0.29, 0.717) is 17.9 Å². The van der Waals surface area contributed by atoms with Crippen LogP contribution in [-0.2, 0) is 4.74 Å². The Morgan fingerprint density at radius 2 is 2.00 bits per heavy atom. The van der Waals surface area contributed by atoms with E-state index in [2.05, 4.69) is 5.32 Å². The molecule has 21 heavy (non-hydrogen) atoms.